The fraction of sp³-hybridized carbons (Fsp3) is 1.00. The predicted octanol–water partition coefficient (Wildman–Crippen LogP) is 3.28. The van der Waals surface area contributed by atoms with Gasteiger partial charge >= 0.3 is 0 Å². The third-order valence-electron chi connectivity index (χ3n) is 3.29. The van der Waals surface area contributed by atoms with Crippen molar-refractivity contribution in [1.29, 1.82) is 0 Å². The van der Waals surface area contributed by atoms with E-state index in [-0.39, 0.29) is 0 Å². The highest BCUT2D eigenvalue weighted by Crippen LogP contribution is 2.31. The average Bonchev–Trinajstić information content (AvgIpc) is 2.15. The van der Waals surface area contributed by atoms with E-state index >= 15 is 0 Å². The van der Waals surface area contributed by atoms with Gasteiger partial charge in [-0.15, -0.1) is 0 Å². The lowest BCUT2D eigenvalue weighted by molar-refractivity contribution is 0.264. The number of thioether (sulfide) groups is 1. The molecule has 0 amide bonds. The summed E-state index contributed by atoms with van der Waals surface area (Å²) in [5, 5.41) is 0.726. The summed E-state index contributed by atoms with van der Waals surface area (Å²) >= 11 is 2.01. The van der Waals surface area contributed by atoms with E-state index in [1.165, 1.54) is 25.7 Å². The van der Waals surface area contributed by atoms with Crippen LogP contribution < -0.4 is 5.73 Å². The number of nitrogens with two attached hydrogens (primary N) is 1. The summed E-state index contributed by atoms with van der Waals surface area (Å²) in [4.78, 5) is 0. The first-order valence-corrected chi connectivity index (χ1v) is 7.01. The molecular weight excluding hydrogens is 190 g/mol. The van der Waals surface area contributed by atoms with Gasteiger partial charge in [-0.3, -0.25) is 0 Å². The molecule has 14 heavy (non-hydrogen) atoms. The quantitative estimate of drug-likeness (QED) is 0.779. The van der Waals surface area contributed by atoms with E-state index in [1.807, 2.05) is 11.8 Å². The molecular formula is C12H25NS. The zero-order valence-corrected chi connectivity index (χ0v) is 10.6. The van der Waals surface area contributed by atoms with Crippen LogP contribution in [0.15, 0.2) is 0 Å². The van der Waals surface area contributed by atoms with Crippen LogP contribution in [0.2, 0.25) is 0 Å². The normalized spacial score (nSPS) is 30.6. The molecule has 0 aromatic heterocycles. The molecule has 0 aromatic carbocycles. The third kappa shape index (κ3) is 4.22. The van der Waals surface area contributed by atoms with Crippen LogP contribution in [0.4, 0.5) is 0 Å². The summed E-state index contributed by atoms with van der Waals surface area (Å²) in [6.45, 7) is 6.87. The first-order valence-electron chi connectivity index (χ1n) is 5.96. The first kappa shape index (κ1) is 12.4. The molecule has 1 rings (SSSR count). The van der Waals surface area contributed by atoms with Crippen molar-refractivity contribution in [2.75, 3.05) is 5.75 Å². The molecule has 2 N–H and O–H groups in total. The highest BCUT2D eigenvalue weighted by atomic mass is 32.2. The molecule has 0 aliphatic heterocycles. The lowest BCUT2D eigenvalue weighted by atomic mass is 9.80. The largest absolute Gasteiger partial charge is 0.327 e. The SMILES string of the molecule is CC1CCC(C(N)CSC(C)C)CC1. The summed E-state index contributed by atoms with van der Waals surface area (Å²) in [5.74, 6) is 2.89. The molecule has 1 aliphatic carbocycles. The van der Waals surface area contributed by atoms with Crippen molar-refractivity contribution in [1.82, 2.24) is 0 Å². The van der Waals surface area contributed by atoms with E-state index in [1.54, 1.807) is 0 Å². The molecule has 0 heterocycles. The molecule has 1 fully saturated rings. The minimum absolute atomic E-state index is 0.440. The standard InChI is InChI=1S/C12H25NS/c1-9(2)14-8-12(13)11-6-4-10(3)5-7-11/h9-12H,4-8,13H2,1-3H3. The number of hydrogen-bond acceptors (Lipinski definition) is 2. The Balaban J connectivity index is 2.20. The van der Waals surface area contributed by atoms with E-state index in [2.05, 4.69) is 20.8 Å². The van der Waals surface area contributed by atoms with E-state index in [9.17, 15) is 0 Å². The van der Waals surface area contributed by atoms with Gasteiger partial charge in [-0.05, 0) is 29.9 Å². The topological polar surface area (TPSA) is 26.0 Å². The van der Waals surface area contributed by atoms with Crippen LogP contribution in [0, 0.1) is 11.8 Å². The Morgan fingerprint density at radius 1 is 1.21 bits per heavy atom. The van der Waals surface area contributed by atoms with Crippen LogP contribution >= 0.6 is 11.8 Å². The second-order valence-electron chi connectivity index (χ2n) is 5.07. The van der Waals surface area contributed by atoms with Gasteiger partial charge in [0.25, 0.3) is 0 Å². The minimum Gasteiger partial charge on any atom is -0.327 e. The van der Waals surface area contributed by atoms with Gasteiger partial charge < -0.3 is 5.73 Å². The summed E-state index contributed by atoms with van der Waals surface area (Å²) in [5.41, 5.74) is 6.22. The minimum atomic E-state index is 0.440. The average molecular weight is 215 g/mol. The van der Waals surface area contributed by atoms with Gasteiger partial charge in [0.1, 0.15) is 0 Å². The Labute approximate surface area is 93.2 Å². The van der Waals surface area contributed by atoms with Gasteiger partial charge in [-0.2, -0.15) is 11.8 Å². The summed E-state index contributed by atoms with van der Waals surface area (Å²) in [7, 11) is 0. The van der Waals surface area contributed by atoms with Crippen LogP contribution in [0.25, 0.3) is 0 Å². The summed E-state index contributed by atoms with van der Waals surface area (Å²) < 4.78 is 0. The van der Waals surface area contributed by atoms with Crippen molar-refractivity contribution < 1.29 is 0 Å². The second-order valence-corrected chi connectivity index (χ2v) is 6.68. The molecule has 2 heteroatoms. The van der Waals surface area contributed by atoms with Crippen molar-refractivity contribution in [3.05, 3.63) is 0 Å². The van der Waals surface area contributed by atoms with Crippen molar-refractivity contribution >= 4 is 11.8 Å². The molecule has 1 aliphatic rings. The maximum atomic E-state index is 6.22. The molecule has 1 unspecified atom stereocenters. The maximum absolute atomic E-state index is 6.22. The first-order chi connectivity index (χ1) is 6.59. The third-order valence-corrected chi connectivity index (χ3v) is 4.53. The van der Waals surface area contributed by atoms with Crippen molar-refractivity contribution in [3.8, 4) is 0 Å². The van der Waals surface area contributed by atoms with Crippen LogP contribution in [0.3, 0.4) is 0 Å². The van der Waals surface area contributed by atoms with E-state index in [0.29, 0.717) is 6.04 Å². The molecule has 1 nitrogen and oxygen atoms in total. The van der Waals surface area contributed by atoms with Crippen LogP contribution in [-0.2, 0) is 0 Å². The molecule has 0 aromatic rings. The monoisotopic (exact) mass is 215 g/mol. The van der Waals surface area contributed by atoms with Gasteiger partial charge in [0, 0.05) is 11.8 Å². The van der Waals surface area contributed by atoms with Gasteiger partial charge in [-0.1, -0.05) is 33.6 Å². The molecule has 84 valence electrons. The highest BCUT2D eigenvalue weighted by molar-refractivity contribution is 7.99. The van der Waals surface area contributed by atoms with Gasteiger partial charge in [0.05, 0.1) is 0 Å². The Hall–Kier alpha value is 0.310. The predicted molar refractivity (Wildman–Crippen MR) is 66.7 cm³/mol. The zero-order chi connectivity index (χ0) is 10.6. The van der Waals surface area contributed by atoms with Crippen molar-refractivity contribution in [3.63, 3.8) is 0 Å². The molecule has 1 atom stereocenters. The van der Waals surface area contributed by atoms with E-state index in [0.717, 1.165) is 22.8 Å². The Bertz CT molecular complexity index is 150. The Morgan fingerprint density at radius 2 is 1.79 bits per heavy atom. The molecule has 0 bridgehead atoms. The smallest absolute Gasteiger partial charge is 0.0159 e. The van der Waals surface area contributed by atoms with Crippen molar-refractivity contribution in [2.45, 2.75) is 57.7 Å². The molecule has 0 spiro atoms. The fourth-order valence-corrected chi connectivity index (χ4v) is 3.03. The van der Waals surface area contributed by atoms with Crippen LogP contribution in [0.5, 0.6) is 0 Å². The van der Waals surface area contributed by atoms with Crippen molar-refractivity contribution in [2.24, 2.45) is 17.6 Å². The fourth-order valence-electron chi connectivity index (χ4n) is 2.15. The Kier molecular flexibility index (Phi) is 5.32. The van der Waals surface area contributed by atoms with Gasteiger partial charge in [-0.25, -0.2) is 0 Å². The zero-order valence-electron chi connectivity index (χ0n) is 9.83. The molecule has 1 saturated carbocycles. The second kappa shape index (κ2) is 6.02. The van der Waals surface area contributed by atoms with Gasteiger partial charge in [0.2, 0.25) is 0 Å². The lowest BCUT2D eigenvalue weighted by Gasteiger charge is -2.30. The summed E-state index contributed by atoms with van der Waals surface area (Å²) in [6, 6.07) is 0.440. The maximum Gasteiger partial charge on any atom is 0.0159 e. The van der Waals surface area contributed by atoms with Crippen LogP contribution in [0.1, 0.15) is 46.5 Å². The van der Waals surface area contributed by atoms with Crippen LogP contribution in [-0.4, -0.2) is 17.0 Å². The summed E-state index contributed by atoms with van der Waals surface area (Å²) in [6.07, 6.45) is 5.51. The molecule has 0 saturated heterocycles. The van der Waals surface area contributed by atoms with E-state index in [4.69, 9.17) is 5.73 Å². The number of hydrogen-bond donors (Lipinski definition) is 1. The lowest BCUT2D eigenvalue weighted by Crippen LogP contribution is -2.35. The van der Waals surface area contributed by atoms with E-state index < -0.39 is 0 Å². The van der Waals surface area contributed by atoms with Gasteiger partial charge in [0.15, 0.2) is 0 Å². The Morgan fingerprint density at radius 3 is 2.29 bits per heavy atom. The highest BCUT2D eigenvalue weighted by Gasteiger charge is 2.23. The molecule has 0 radical (unpaired) electrons. The number of rotatable bonds is 4.